The summed E-state index contributed by atoms with van der Waals surface area (Å²) in [6.07, 6.45) is 0. The van der Waals surface area contributed by atoms with Crippen LogP contribution in [-0.4, -0.2) is 91.4 Å². The Morgan fingerprint density at radius 2 is 0.452 bits per heavy atom. The molecule has 1 heterocycles. The van der Waals surface area contributed by atoms with Gasteiger partial charge in [-0.25, -0.2) is 0 Å². The molecule has 4 aromatic carbocycles. The third-order valence-corrected chi connectivity index (χ3v) is 19.4. The van der Waals surface area contributed by atoms with Crippen molar-refractivity contribution < 1.29 is 0 Å². The standard InChI is InChI=1S/C36H44N4Si2/c1-37(2)41(38(3)4)33(29-21-13-9-14-22-29)35(31-25-17-11-18-26-31)42(39(5)6,40(7)8)36(32-27-19-12-20-28-32)34(41)30-23-15-10-16-24-30/h9-28H,1-8H3. The van der Waals surface area contributed by atoms with Gasteiger partial charge in [-0.2, -0.15) is 0 Å². The zero-order valence-corrected chi connectivity index (χ0v) is 28.3. The third kappa shape index (κ3) is 4.59. The Bertz CT molecular complexity index is 1320. The summed E-state index contributed by atoms with van der Waals surface area (Å²) in [7, 11) is 12.7. The molecular weight excluding hydrogens is 545 g/mol. The van der Waals surface area contributed by atoms with Crippen molar-refractivity contribution in [3.8, 4) is 0 Å². The van der Waals surface area contributed by atoms with Crippen LogP contribution >= 0.6 is 0 Å². The lowest BCUT2D eigenvalue weighted by Crippen LogP contribution is -2.71. The van der Waals surface area contributed by atoms with Crippen LogP contribution in [0.15, 0.2) is 121 Å². The van der Waals surface area contributed by atoms with Crippen LogP contribution in [0.4, 0.5) is 0 Å². The van der Waals surface area contributed by atoms with Crippen molar-refractivity contribution >= 4 is 37.6 Å². The summed E-state index contributed by atoms with van der Waals surface area (Å²) in [5.41, 5.74) is 5.19. The molecule has 1 aliphatic heterocycles. The van der Waals surface area contributed by atoms with Gasteiger partial charge in [-0.3, -0.25) is 0 Å². The van der Waals surface area contributed by atoms with E-state index in [2.05, 4.69) is 196 Å². The van der Waals surface area contributed by atoms with E-state index in [1.807, 2.05) is 0 Å². The van der Waals surface area contributed by atoms with Crippen LogP contribution in [0.5, 0.6) is 0 Å². The number of nitrogens with zero attached hydrogens (tertiary/aromatic N) is 4. The van der Waals surface area contributed by atoms with Gasteiger partial charge in [0.25, 0.3) is 16.8 Å². The molecule has 0 aromatic heterocycles. The lowest BCUT2D eigenvalue weighted by molar-refractivity contribution is 0.506. The van der Waals surface area contributed by atoms with Gasteiger partial charge in [-0.1, -0.05) is 121 Å². The monoisotopic (exact) mass is 588 g/mol. The Hall–Kier alpha value is -3.37. The normalized spacial score (nSPS) is 16.7. The quantitative estimate of drug-likeness (QED) is 0.218. The van der Waals surface area contributed by atoms with E-state index in [4.69, 9.17) is 0 Å². The van der Waals surface area contributed by atoms with E-state index in [-0.39, 0.29) is 0 Å². The average Bonchev–Trinajstić information content (AvgIpc) is 3.00. The molecule has 0 amide bonds. The molecule has 6 heteroatoms. The molecule has 4 nitrogen and oxygen atoms in total. The Kier molecular flexibility index (Phi) is 8.67. The van der Waals surface area contributed by atoms with Crippen molar-refractivity contribution in [1.82, 2.24) is 18.3 Å². The lowest BCUT2D eigenvalue weighted by atomic mass is 10.1. The Morgan fingerprint density at radius 1 is 0.286 bits per heavy atom. The number of rotatable bonds is 8. The van der Waals surface area contributed by atoms with Gasteiger partial charge in [0.05, 0.1) is 0 Å². The van der Waals surface area contributed by atoms with Crippen molar-refractivity contribution in [2.45, 2.75) is 0 Å². The zero-order chi connectivity index (χ0) is 30.1. The molecule has 0 saturated heterocycles. The highest BCUT2D eigenvalue weighted by atomic mass is 28.4. The lowest BCUT2D eigenvalue weighted by Gasteiger charge is -2.57. The topological polar surface area (TPSA) is 13.0 Å². The van der Waals surface area contributed by atoms with E-state index in [0.717, 1.165) is 0 Å². The van der Waals surface area contributed by atoms with Gasteiger partial charge < -0.3 is 18.3 Å². The summed E-state index contributed by atoms with van der Waals surface area (Å²) in [5, 5.41) is 5.88. The first-order valence-electron chi connectivity index (χ1n) is 14.6. The molecular formula is C36H44N4Si2. The molecule has 0 saturated carbocycles. The first kappa shape index (κ1) is 30.1. The second kappa shape index (κ2) is 12.1. The maximum Gasteiger partial charge on any atom is 0.273 e. The van der Waals surface area contributed by atoms with Crippen molar-refractivity contribution in [2.75, 3.05) is 56.4 Å². The third-order valence-electron chi connectivity index (χ3n) is 8.73. The highest BCUT2D eigenvalue weighted by Gasteiger charge is 2.62. The SMILES string of the molecule is CN(C)[Si]1(N(C)C)C(c2ccccc2)=C(c2ccccc2)[Si](N(C)C)(N(C)C)C(c2ccccc2)=C1c1ccccc1. The van der Waals surface area contributed by atoms with E-state index in [9.17, 15) is 0 Å². The van der Waals surface area contributed by atoms with Crippen LogP contribution in [0.1, 0.15) is 22.3 Å². The van der Waals surface area contributed by atoms with Gasteiger partial charge in [-0.15, -0.1) is 0 Å². The molecule has 0 unspecified atom stereocenters. The van der Waals surface area contributed by atoms with Crippen molar-refractivity contribution in [2.24, 2.45) is 0 Å². The molecule has 0 bridgehead atoms. The number of benzene rings is 4. The summed E-state index contributed by atoms with van der Waals surface area (Å²) in [5.74, 6) is 0. The molecule has 0 fully saturated rings. The molecule has 1 aliphatic rings. The van der Waals surface area contributed by atoms with Gasteiger partial charge in [0.1, 0.15) is 0 Å². The largest absolute Gasteiger partial charge is 0.310 e. The molecule has 4 aromatic rings. The fourth-order valence-electron chi connectivity index (χ4n) is 7.34. The molecule has 0 atom stereocenters. The molecule has 0 radical (unpaired) electrons. The zero-order valence-electron chi connectivity index (χ0n) is 26.3. The second-order valence-electron chi connectivity index (χ2n) is 11.9. The van der Waals surface area contributed by atoms with E-state index >= 15 is 0 Å². The summed E-state index contributed by atoms with van der Waals surface area (Å²) >= 11 is 0. The van der Waals surface area contributed by atoms with Gasteiger partial charge >= 0.3 is 0 Å². The predicted octanol–water partition coefficient (Wildman–Crippen LogP) is 6.51. The Labute approximate surface area is 255 Å². The van der Waals surface area contributed by atoms with Crippen molar-refractivity contribution in [3.05, 3.63) is 144 Å². The minimum atomic E-state index is -2.84. The van der Waals surface area contributed by atoms with Crippen molar-refractivity contribution in [1.29, 1.82) is 0 Å². The molecule has 0 N–H and O–H groups in total. The summed E-state index contributed by atoms with van der Waals surface area (Å²) < 4.78 is 10.3. The first-order valence-corrected chi connectivity index (χ1v) is 18.4. The van der Waals surface area contributed by atoms with Gasteiger partial charge in [-0.05, 0) is 99.4 Å². The number of hydrogen-bond donors (Lipinski definition) is 0. The van der Waals surface area contributed by atoms with Crippen LogP contribution in [0.25, 0.3) is 20.8 Å². The fourth-order valence-corrected chi connectivity index (χ4v) is 19.4. The van der Waals surface area contributed by atoms with Gasteiger partial charge in [0, 0.05) is 0 Å². The van der Waals surface area contributed by atoms with Gasteiger partial charge in [0.2, 0.25) is 0 Å². The van der Waals surface area contributed by atoms with E-state index in [0.29, 0.717) is 0 Å². The van der Waals surface area contributed by atoms with Crippen LogP contribution < -0.4 is 0 Å². The molecule has 5 rings (SSSR count). The molecule has 0 spiro atoms. The highest BCUT2D eigenvalue weighted by Crippen LogP contribution is 2.57. The Morgan fingerprint density at radius 3 is 0.595 bits per heavy atom. The first-order chi connectivity index (χ1) is 20.2. The van der Waals surface area contributed by atoms with Crippen LogP contribution in [0.2, 0.25) is 0 Å². The van der Waals surface area contributed by atoms with Crippen molar-refractivity contribution in [3.63, 3.8) is 0 Å². The highest BCUT2D eigenvalue weighted by molar-refractivity contribution is 7.22. The molecule has 0 aliphatic carbocycles. The summed E-state index contributed by atoms with van der Waals surface area (Å²) in [6, 6.07) is 44.7. The minimum absolute atomic E-state index is 1.30. The Balaban J connectivity index is 2.18. The minimum Gasteiger partial charge on any atom is -0.310 e. The number of hydrogen-bond acceptors (Lipinski definition) is 4. The molecule has 42 heavy (non-hydrogen) atoms. The summed E-state index contributed by atoms with van der Waals surface area (Å²) in [4.78, 5) is 0. The molecule has 216 valence electrons. The van der Waals surface area contributed by atoms with E-state index in [1.54, 1.807) is 0 Å². The van der Waals surface area contributed by atoms with Crippen LogP contribution in [-0.2, 0) is 0 Å². The smallest absolute Gasteiger partial charge is 0.273 e. The second-order valence-corrected chi connectivity index (χ2v) is 20.2. The maximum absolute atomic E-state index is 2.84. The van der Waals surface area contributed by atoms with Crippen LogP contribution in [0, 0.1) is 0 Å². The van der Waals surface area contributed by atoms with E-state index in [1.165, 1.54) is 43.0 Å². The average molecular weight is 589 g/mol. The summed E-state index contributed by atoms with van der Waals surface area (Å²) in [6.45, 7) is 0. The fraction of sp³-hybridized carbons (Fsp3) is 0.222. The van der Waals surface area contributed by atoms with Gasteiger partial charge in [0.15, 0.2) is 0 Å². The van der Waals surface area contributed by atoms with E-state index < -0.39 is 16.8 Å². The van der Waals surface area contributed by atoms with Crippen LogP contribution in [0.3, 0.4) is 0 Å². The predicted molar refractivity (Wildman–Crippen MR) is 186 cm³/mol. The maximum atomic E-state index is 2.56.